The van der Waals surface area contributed by atoms with Gasteiger partial charge in [0, 0.05) is 29.2 Å². The zero-order valence-electron chi connectivity index (χ0n) is 16.0. The Labute approximate surface area is 182 Å². The molecule has 8 heteroatoms. The third kappa shape index (κ3) is 4.22. The van der Waals surface area contributed by atoms with Crippen LogP contribution >= 0.6 is 23.4 Å². The van der Waals surface area contributed by atoms with Crippen LogP contribution in [0.1, 0.15) is 10.4 Å². The van der Waals surface area contributed by atoms with E-state index in [-0.39, 0.29) is 11.5 Å². The molecule has 0 spiro atoms. The van der Waals surface area contributed by atoms with Gasteiger partial charge in [-0.3, -0.25) is 14.3 Å². The average Bonchev–Trinajstić information content (AvgIpc) is 3.22. The maximum Gasteiger partial charge on any atom is 0.196 e. The van der Waals surface area contributed by atoms with Gasteiger partial charge in [-0.1, -0.05) is 35.5 Å². The lowest BCUT2D eigenvalue weighted by Crippen LogP contribution is -2.05. The monoisotopic (exact) mass is 436 g/mol. The Bertz CT molecular complexity index is 1160. The number of hydrogen-bond acceptors (Lipinski definition) is 6. The number of pyridine rings is 1. The number of methoxy groups -OCH3 is 1. The maximum absolute atomic E-state index is 12.7. The Balaban J connectivity index is 1.68. The number of Topliss-reactive ketones (excluding diaryl/α,β-unsaturated/α-hetero) is 1. The minimum atomic E-state index is -0.0715. The minimum absolute atomic E-state index is 0.0715. The van der Waals surface area contributed by atoms with Crippen molar-refractivity contribution in [2.24, 2.45) is 0 Å². The van der Waals surface area contributed by atoms with E-state index < -0.39 is 0 Å². The van der Waals surface area contributed by atoms with Gasteiger partial charge in [0.25, 0.3) is 0 Å². The molecule has 0 aliphatic rings. The van der Waals surface area contributed by atoms with Gasteiger partial charge >= 0.3 is 0 Å². The molecule has 0 amide bonds. The Morgan fingerprint density at radius 3 is 2.57 bits per heavy atom. The summed E-state index contributed by atoms with van der Waals surface area (Å²) < 4.78 is 7.16. The van der Waals surface area contributed by atoms with Crippen LogP contribution in [0.15, 0.2) is 78.2 Å². The summed E-state index contributed by atoms with van der Waals surface area (Å²) in [5, 5.41) is 9.73. The fourth-order valence-corrected chi connectivity index (χ4v) is 3.98. The second-order valence-electron chi connectivity index (χ2n) is 6.27. The first-order valence-electron chi connectivity index (χ1n) is 9.08. The molecule has 0 radical (unpaired) electrons. The highest BCUT2D eigenvalue weighted by Gasteiger charge is 2.18. The molecular weight excluding hydrogens is 420 g/mol. The van der Waals surface area contributed by atoms with E-state index in [0.717, 1.165) is 17.0 Å². The summed E-state index contributed by atoms with van der Waals surface area (Å²) in [7, 11) is 1.62. The predicted octanol–water partition coefficient (Wildman–Crippen LogP) is 4.97. The van der Waals surface area contributed by atoms with Crippen LogP contribution < -0.4 is 4.74 Å². The van der Waals surface area contributed by atoms with Crippen molar-refractivity contribution in [3.63, 3.8) is 0 Å². The lowest BCUT2D eigenvalue weighted by Gasteiger charge is -2.11. The quantitative estimate of drug-likeness (QED) is 0.301. The number of carbonyl (C=O) groups excluding carboxylic acids is 1. The number of hydrogen-bond donors (Lipinski definition) is 0. The number of halogens is 1. The molecule has 0 saturated carbocycles. The molecule has 6 nitrogen and oxygen atoms in total. The minimum Gasteiger partial charge on any atom is -0.497 e. The van der Waals surface area contributed by atoms with Crippen LogP contribution in [0.2, 0.25) is 5.02 Å². The number of ketones is 1. The molecule has 2 aromatic heterocycles. The fraction of sp³-hybridized carbons (Fsp3) is 0.0909. The smallest absolute Gasteiger partial charge is 0.196 e. The summed E-state index contributed by atoms with van der Waals surface area (Å²) in [6, 6.07) is 18.4. The molecule has 0 atom stereocenters. The zero-order valence-corrected chi connectivity index (χ0v) is 17.6. The topological polar surface area (TPSA) is 69.9 Å². The number of aromatic nitrogens is 4. The number of carbonyl (C=O) groups is 1. The summed E-state index contributed by atoms with van der Waals surface area (Å²) in [4.78, 5) is 16.8. The fourth-order valence-electron chi connectivity index (χ4n) is 2.90. The first kappa shape index (κ1) is 20.1. The van der Waals surface area contributed by atoms with Crippen LogP contribution in [0.25, 0.3) is 17.1 Å². The molecule has 0 saturated heterocycles. The summed E-state index contributed by atoms with van der Waals surface area (Å²) in [6.45, 7) is 0. The summed E-state index contributed by atoms with van der Waals surface area (Å²) >= 11 is 7.47. The number of benzene rings is 2. The molecule has 4 aromatic rings. The van der Waals surface area contributed by atoms with Gasteiger partial charge in [-0.2, -0.15) is 0 Å². The number of nitrogens with zero attached hydrogens (tertiary/aromatic N) is 4. The van der Waals surface area contributed by atoms with Gasteiger partial charge in [-0.05, 0) is 48.5 Å². The van der Waals surface area contributed by atoms with E-state index in [0.29, 0.717) is 21.6 Å². The Morgan fingerprint density at radius 2 is 1.87 bits per heavy atom. The first-order chi connectivity index (χ1) is 14.7. The number of rotatable bonds is 7. The average molecular weight is 437 g/mol. The highest BCUT2D eigenvalue weighted by atomic mass is 35.5. The van der Waals surface area contributed by atoms with Crippen LogP contribution in [-0.2, 0) is 0 Å². The lowest BCUT2D eigenvalue weighted by atomic mass is 10.1. The van der Waals surface area contributed by atoms with Gasteiger partial charge in [0.05, 0.1) is 17.9 Å². The van der Waals surface area contributed by atoms with Crippen molar-refractivity contribution < 1.29 is 9.53 Å². The molecule has 0 aliphatic heterocycles. The third-order valence-corrected chi connectivity index (χ3v) is 5.65. The third-order valence-electron chi connectivity index (χ3n) is 4.39. The van der Waals surface area contributed by atoms with E-state index in [9.17, 15) is 4.79 Å². The normalized spacial score (nSPS) is 10.7. The van der Waals surface area contributed by atoms with Crippen molar-refractivity contribution in [2.75, 3.05) is 12.9 Å². The molecule has 150 valence electrons. The molecule has 2 aromatic carbocycles. The van der Waals surface area contributed by atoms with Crippen LogP contribution in [-0.4, -0.2) is 38.4 Å². The summed E-state index contributed by atoms with van der Waals surface area (Å²) in [5.74, 6) is 1.50. The highest BCUT2D eigenvalue weighted by molar-refractivity contribution is 7.99. The van der Waals surface area contributed by atoms with Crippen molar-refractivity contribution >= 4 is 29.1 Å². The summed E-state index contributed by atoms with van der Waals surface area (Å²) in [5.41, 5.74) is 2.17. The SMILES string of the molecule is COc1ccc(-n2c(SCC(=O)c3ccccc3Cl)nnc2-c2cccnc2)cc1. The molecule has 0 N–H and O–H groups in total. The van der Waals surface area contributed by atoms with Gasteiger partial charge < -0.3 is 4.74 Å². The van der Waals surface area contributed by atoms with E-state index >= 15 is 0 Å². The Morgan fingerprint density at radius 1 is 1.07 bits per heavy atom. The molecule has 0 unspecified atom stereocenters. The van der Waals surface area contributed by atoms with Gasteiger partial charge in [0.1, 0.15) is 5.75 Å². The van der Waals surface area contributed by atoms with Crippen molar-refractivity contribution in [1.29, 1.82) is 0 Å². The van der Waals surface area contributed by atoms with Gasteiger partial charge in [-0.15, -0.1) is 10.2 Å². The molecule has 30 heavy (non-hydrogen) atoms. The zero-order chi connectivity index (χ0) is 20.9. The standard InChI is InChI=1S/C22H17ClN4O2S/c1-29-17-10-8-16(9-11-17)27-21(15-5-4-12-24-13-15)25-26-22(27)30-14-20(28)18-6-2-3-7-19(18)23/h2-13H,14H2,1H3. The van der Waals surface area contributed by atoms with Crippen molar-refractivity contribution in [3.8, 4) is 22.8 Å². The van der Waals surface area contributed by atoms with E-state index in [2.05, 4.69) is 15.2 Å². The lowest BCUT2D eigenvalue weighted by molar-refractivity contribution is 0.102. The molecule has 2 heterocycles. The van der Waals surface area contributed by atoms with Crippen molar-refractivity contribution in [1.82, 2.24) is 19.7 Å². The Kier molecular flexibility index (Phi) is 6.11. The van der Waals surface area contributed by atoms with Crippen LogP contribution in [0, 0.1) is 0 Å². The second-order valence-corrected chi connectivity index (χ2v) is 7.62. The van der Waals surface area contributed by atoms with E-state index in [1.165, 1.54) is 11.8 Å². The van der Waals surface area contributed by atoms with Crippen LogP contribution in [0.4, 0.5) is 0 Å². The van der Waals surface area contributed by atoms with Crippen LogP contribution in [0.5, 0.6) is 5.75 Å². The van der Waals surface area contributed by atoms with Gasteiger partial charge in [0.2, 0.25) is 0 Å². The van der Waals surface area contributed by atoms with Crippen LogP contribution in [0.3, 0.4) is 0 Å². The number of ether oxygens (including phenoxy) is 1. The molecule has 4 rings (SSSR count). The Hall–Kier alpha value is -3.16. The second kappa shape index (κ2) is 9.11. The van der Waals surface area contributed by atoms with E-state index in [1.54, 1.807) is 43.8 Å². The van der Waals surface area contributed by atoms with Crippen molar-refractivity contribution in [2.45, 2.75) is 5.16 Å². The van der Waals surface area contributed by atoms with E-state index in [4.69, 9.17) is 16.3 Å². The van der Waals surface area contributed by atoms with Crippen molar-refractivity contribution in [3.05, 3.63) is 83.6 Å². The largest absolute Gasteiger partial charge is 0.497 e. The summed E-state index contributed by atoms with van der Waals surface area (Å²) in [6.07, 6.45) is 3.43. The first-order valence-corrected chi connectivity index (χ1v) is 10.4. The highest BCUT2D eigenvalue weighted by Crippen LogP contribution is 2.29. The van der Waals surface area contributed by atoms with E-state index in [1.807, 2.05) is 41.0 Å². The maximum atomic E-state index is 12.7. The number of thioether (sulfide) groups is 1. The molecule has 0 bridgehead atoms. The van der Waals surface area contributed by atoms with Gasteiger partial charge in [0.15, 0.2) is 16.8 Å². The predicted molar refractivity (Wildman–Crippen MR) is 118 cm³/mol. The van der Waals surface area contributed by atoms with Gasteiger partial charge in [-0.25, -0.2) is 0 Å². The molecular formula is C22H17ClN4O2S. The molecule has 0 aliphatic carbocycles. The molecule has 0 fully saturated rings.